The van der Waals surface area contributed by atoms with Crippen molar-refractivity contribution < 1.29 is 24.6 Å². The maximum absolute atomic E-state index is 11.1. The molecule has 0 aliphatic carbocycles. The van der Waals surface area contributed by atoms with Crippen LogP contribution in [0.5, 0.6) is 0 Å². The molecule has 0 saturated carbocycles. The number of rotatable bonds is 7. The minimum atomic E-state index is -1.23. The number of nitrogens with one attached hydrogen (secondary N) is 1. The average molecular weight is 254 g/mol. The Kier molecular flexibility index (Phi) is 4.61. The van der Waals surface area contributed by atoms with Gasteiger partial charge in [0.25, 0.3) is 0 Å². The van der Waals surface area contributed by atoms with Crippen LogP contribution in [0.15, 0.2) is 12.3 Å². The SMILES string of the molecule is CC(=O)c1c[nH]c(N(C=O)C(CCO)C(=O)O)c1. The van der Waals surface area contributed by atoms with E-state index < -0.39 is 12.0 Å². The van der Waals surface area contributed by atoms with E-state index in [0.29, 0.717) is 12.0 Å². The van der Waals surface area contributed by atoms with Crippen molar-refractivity contribution in [1.82, 2.24) is 4.98 Å². The van der Waals surface area contributed by atoms with Gasteiger partial charge < -0.3 is 15.2 Å². The zero-order valence-electron chi connectivity index (χ0n) is 9.79. The summed E-state index contributed by atoms with van der Waals surface area (Å²) in [5.74, 6) is -1.22. The van der Waals surface area contributed by atoms with E-state index in [-0.39, 0.29) is 24.6 Å². The highest BCUT2D eigenvalue weighted by Crippen LogP contribution is 2.17. The van der Waals surface area contributed by atoms with E-state index in [1.54, 1.807) is 0 Å². The first-order valence-corrected chi connectivity index (χ1v) is 5.28. The predicted molar refractivity (Wildman–Crippen MR) is 62.5 cm³/mol. The summed E-state index contributed by atoms with van der Waals surface area (Å²) in [4.78, 5) is 36.7. The van der Waals surface area contributed by atoms with Gasteiger partial charge in [-0.05, 0) is 13.0 Å². The molecule has 3 N–H and O–H groups in total. The van der Waals surface area contributed by atoms with Crippen molar-refractivity contribution in [2.24, 2.45) is 0 Å². The van der Waals surface area contributed by atoms with Crippen LogP contribution in [-0.4, -0.2) is 46.0 Å². The summed E-state index contributed by atoms with van der Waals surface area (Å²) in [6, 6.07) is 0.218. The molecule has 0 aromatic carbocycles. The van der Waals surface area contributed by atoms with Crippen molar-refractivity contribution in [2.45, 2.75) is 19.4 Å². The molecule has 0 aliphatic heterocycles. The fourth-order valence-corrected chi connectivity index (χ4v) is 1.54. The number of aliphatic hydroxyl groups is 1. The number of H-pyrrole nitrogens is 1. The number of carboxylic acid groups (broad SMARTS) is 1. The van der Waals surface area contributed by atoms with Gasteiger partial charge in [0.05, 0.1) is 0 Å². The standard InChI is InChI=1S/C11H14N2O5/c1-7(16)8-4-10(12-5-8)13(6-15)9(2-3-14)11(17)18/h4-6,9,12,14H,2-3H2,1H3,(H,17,18). The molecule has 1 heterocycles. The number of hydrogen-bond acceptors (Lipinski definition) is 4. The largest absolute Gasteiger partial charge is 0.480 e. The zero-order chi connectivity index (χ0) is 13.7. The Bertz CT molecular complexity index is 454. The number of Topliss-reactive ketones (excluding diaryl/α,β-unsaturated/α-hetero) is 1. The van der Waals surface area contributed by atoms with Crippen LogP contribution >= 0.6 is 0 Å². The molecule has 98 valence electrons. The van der Waals surface area contributed by atoms with Crippen LogP contribution in [0.25, 0.3) is 0 Å². The second-order valence-corrected chi connectivity index (χ2v) is 3.71. The third-order valence-corrected chi connectivity index (χ3v) is 2.49. The molecule has 0 aliphatic rings. The van der Waals surface area contributed by atoms with Crippen molar-refractivity contribution in [3.8, 4) is 0 Å². The third-order valence-electron chi connectivity index (χ3n) is 2.49. The second-order valence-electron chi connectivity index (χ2n) is 3.71. The van der Waals surface area contributed by atoms with E-state index in [9.17, 15) is 14.4 Å². The number of amides is 1. The van der Waals surface area contributed by atoms with Gasteiger partial charge in [-0.2, -0.15) is 0 Å². The highest BCUT2D eigenvalue weighted by molar-refractivity contribution is 5.96. The topological polar surface area (TPSA) is 111 Å². The lowest BCUT2D eigenvalue weighted by molar-refractivity contribution is -0.139. The van der Waals surface area contributed by atoms with Gasteiger partial charge in [-0.3, -0.25) is 14.5 Å². The van der Waals surface area contributed by atoms with Crippen LogP contribution in [0.4, 0.5) is 5.82 Å². The molecule has 1 rings (SSSR count). The number of aromatic amines is 1. The van der Waals surface area contributed by atoms with Gasteiger partial charge in [-0.25, -0.2) is 4.79 Å². The van der Waals surface area contributed by atoms with Crippen LogP contribution in [0.1, 0.15) is 23.7 Å². The number of anilines is 1. The number of aliphatic hydroxyl groups excluding tert-OH is 1. The minimum absolute atomic E-state index is 0.0947. The smallest absolute Gasteiger partial charge is 0.326 e. The summed E-state index contributed by atoms with van der Waals surface area (Å²) >= 11 is 0. The Morgan fingerprint density at radius 1 is 1.56 bits per heavy atom. The molecule has 0 radical (unpaired) electrons. The van der Waals surface area contributed by atoms with Gasteiger partial charge >= 0.3 is 5.97 Å². The van der Waals surface area contributed by atoms with Crippen molar-refractivity contribution in [2.75, 3.05) is 11.5 Å². The summed E-state index contributed by atoms with van der Waals surface area (Å²) in [6.07, 6.45) is 1.65. The van der Waals surface area contributed by atoms with E-state index in [1.807, 2.05) is 0 Å². The van der Waals surface area contributed by atoms with Crippen LogP contribution in [0, 0.1) is 0 Å². The first kappa shape index (κ1) is 13.9. The maximum atomic E-state index is 11.1. The number of carbonyl (C=O) groups is 3. The van der Waals surface area contributed by atoms with E-state index >= 15 is 0 Å². The van der Waals surface area contributed by atoms with Crippen LogP contribution in [0.3, 0.4) is 0 Å². The monoisotopic (exact) mass is 254 g/mol. The summed E-state index contributed by atoms with van der Waals surface area (Å²) in [5.41, 5.74) is 0.352. The fourth-order valence-electron chi connectivity index (χ4n) is 1.54. The van der Waals surface area contributed by atoms with E-state index in [2.05, 4.69) is 4.98 Å². The van der Waals surface area contributed by atoms with Crippen LogP contribution in [0.2, 0.25) is 0 Å². The highest BCUT2D eigenvalue weighted by atomic mass is 16.4. The molecule has 7 heteroatoms. The first-order chi connectivity index (χ1) is 8.51. The van der Waals surface area contributed by atoms with E-state index in [4.69, 9.17) is 10.2 Å². The number of aliphatic carboxylic acids is 1. The molecule has 18 heavy (non-hydrogen) atoms. The van der Waals surface area contributed by atoms with Crippen LogP contribution in [-0.2, 0) is 9.59 Å². The summed E-state index contributed by atoms with van der Waals surface area (Å²) in [5, 5.41) is 17.8. The lowest BCUT2D eigenvalue weighted by Crippen LogP contribution is -2.41. The molecule has 0 fully saturated rings. The zero-order valence-corrected chi connectivity index (χ0v) is 9.79. The van der Waals surface area contributed by atoms with Crippen molar-refractivity contribution >= 4 is 24.0 Å². The highest BCUT2D eigenvalue weighted by Gasteiger charge is 2.26. The molecular formula is C11H14N2O5. The Balaban J connectivity index is 3.02. The maximum Gasteiger partial charge on any atom is 0.326 e. The molecule has 1 aromatic heterocycles. The normalized spacial score (nSPS) is 11.9. The number of carbonyl (C=O) groups excluding carboxylic acids is 2. The fraction of sp³-hybridized carbons (Fsp3) is 0.364. The molecule has 0 bridgehead atoms. The molecular weight excluding hydrogens is 240 g/mol. The first-order valence-electron chi connectivity index (χ1n) is 5.28. The van der Waals surface area contributed by atoms with Crippen molar-refractivity contribution in [3.05, 3.63) is 17.8 Å². The van der Waals surface area contributed by atoms with Gasteiger partial charge in [0.15, 0.2) is 5.78 Å². The van der Waals surface area contributed by atoms with Gasteiger partial charge in [-0.15, -0.1) is 0 Å². The number of nitrogens with zero attached hydrogens (tertiary/aromatic N) is 1. The van der Waals surface area contributed by atoms with Gasteiger partial charge in [0, 0.05) is 24.8 Å². The summed E-state index contributed by atoms with van der Waals surface area (Å²) < 4.78 is 0. The number of hydrogen-bond donors (Lipinski definition) is 3. The van der Waals surface area contributed by atoms with Gasteiger partial charge in [-0.1, -0.05) is 0 Å². The predicted octanol–water partition coefficient (Wildman–Crippen LogP) is 0.0157. The molecule has 1 atom stereocenters. The molecule has 1 amide bonds. The molecule has 0 saturated heterocycles. The van der Waals surface area contributed by atoms with Gasteiger partial charge in [0.1, 0.15) is 11.9 Å². The molecule has 0 spiro atoms. The van der Waals surface area contributed by atoms with Gasteiger partial charge in [0.2, 0.25) is 6.41 Å². The lowest BCUT2D eigenvalue weighted by Gasteiger charge is -2.22. The van der Waals surface area contributed by atoms with Crippen molar-refractivity contribution in [3.63, 3.8) is 0 Å². The number of carboxylic acids is 1. The molecule has 1 unspecified atom stereocenters. The number of ketones is 1. The van der Waals surface area contributed by atoms with E-state index in [1.165, 1.54) is 19.2 Å². The summed E-state index contributed by atoms with van der Waals surface area (Å²) in [7, 11) is 0. The Labute approximate surface area is 103 Å². The molecule has 7 nitrogen and oxygen atoms in total. The Morgan fingerprint density at radius 2 is 2.22 bits per heavy atom. The second kappa shape index (κ2) is 5.97. The third kappa shape index (κ3) is 2.95. The lowest BCUT2D eigenvalue weighted by atomic mass is 10.2. The quantitative estimate of drug-likeness (QED) is 0.469. The Morgan fingerprint density at radius 3 is 2.61 bits per heavy atom. The summed E-state index contributed by atoms with van der Waals surface area (Å²) in [6.45, 7) is 1.00. The Hall–Kier alpha value is -2.15. The average Bonchev–Trinajstić information content (AvgIpc) is 2.78. The van der Waals surface area contributed by atoms with Crippen molar-refractivity contribution in [1.29, 1.82) is 0 Å². The van der Waals surface area contributed by atoms with Crippen LogP contribution < -0.4 is 4.90 Å². The number of aromatic nitrogens is 1. The molecule has 1 aromatic rings. The van der Waals surface area contributed by atoms with E-state index in [0.717, 1.165) is 4.90 Å². The minimum Gasteiger partial charge on any atom is -0.480 e.